The van der Waals surface area contributed by atoms with E-state index >= 15 is 0 Å². The van der Waals surface area contributed by atoms with Gasteiger partial charge in [0.05, 0.1) is 12.2 Å². The second-order valence-corrected chi connectivity index (χ2v) is 8.15. The summed E-state index contributed by atoms with van der Waals surface area (Å²) in [7, 11) is 0. The third-order valence-electron chi connectivity index (χ3n) is 5.01. The zero-order valence-corrected chi connectivity index (χ0v) is 17.1. The Morgan fingerprint density at radius 1 is 1.36 bits per heavy atom. The van der Waals surface area contributed by atoms with Crippen molar-refractivity contribution in [3.63, 3.8) is 0 Å². The maximum absolute atomic E-state index is 12.7. The fourth-order valence-electron chi connectivity index (χ4n) is 3.56. The first kappa shape index (κ1) is 20.1. The third-order valence-corrected chi connectivity index (χ3v) is 5.01. The van der Waals surface area contributed by atoms with Gasteiger partial charge in [-0.15, -0.1) is 0 Å². The van der Waals surface area contributed by atoms with Crippen LogP contribution in [0.4, 0.5) is 0 Å². The molecule has 6 heteroatoms. The summed E-state index contributed by atoms with van der Waals surface area (Å²) < 4.78 is 11.5. The average Bonchev–Trinajstić information content (AvgIpc) is 2.96. The largest absolute Gasteiger partial charge is 0.477 e. The minimum absolute atomic E-state index is 0.0467. The SMILES string of the molecule is CCCCOc1ncccc1CNC(=O)c1oc2c(c1C)C(=O)CC(C)(C)C2. The Morgan fingerprint density at radius 3 is 2.89 bits per heavy atom. The van der Waals surface area contributed by atoms with Crippen LogP contribution in [-0.2, 0) is 13.0 Å². The lowest BCUT2D eigenvalue weighted by Crippen LogP contribution is -2.26. The molecular weight excluding hydrogens is 356 g/mol. The van der Waals surface area contributed by atoms with Crippen LogP contribution in [0.5, 0.6) is 5.88 Å². The minimum atomic E-state index is -0.333. The van der Waals surface area contributed by atoms with E-state index in [-0.39, 0.29) is 29.4 Å². The number of carbonyl (C=O) groups is 2. The number of pyridine rings is 1. The molecule has 2 heterocycles. The van der Waals surface area contributed by atoms with Crippen molar-refractivity contribution < 1.29 is 18.7 Å². The molecule has 2 aromatic rings. The molecule has 0 radical (unpaired) electrons. The number of nitrogens with one attached hydrogen (secondary N) is 1. The van der Waals surface area contributed by atoms with Gasteiger partial charge in [-0.2, -0.15) is 0 Å². The molecule has 0 unspecified atom stereocenters. The topological polar surface area (TPSA) is 81.4 Å². The number of ether oxygens (including phenoxy) is 1. The van der Waals surface area contributed by atoms with E-state index in [1.165, 1.54) is 0 Å². The number of amides is 1. The fraction of sp³-hybridized carbons (Fsp3) is 0.500. The number of hydrogen-bond donors (Lipinski definition) is 1. The van der Waals surface area contributed by atoms with Crippen molar-refractivity contribution in [3.05, 3.63) is 46.5 Å². The number of ketones is 1. The van der Waals surface area contributed by atoms with Gasteiger partial charge in [-0.05, 0) is 24.8 Å². The number of fused-ring (bicyclic) bond motifs is 1. The summed E-state index contributed by atoms with van der Waals surface area (Å²) in [4.78, 5) is 29.5. The molecule has 1 N–H and O–H groups in total. The number of Topliss-reactive ketones (excluding diaryl/α,β-unsaturated/α-hetero) is 1. The van der Waals surface area contributed by atoms with Gasteiger partial charge in [0.2, 0.25) is 5.88 Å². The Hall–Kier alpha value is -2.63. The molecule has 1 aliphatic rings. The van der Waals surface area contributed by atoms with E-state index < -0.39 is 0 Å². The normalized spacial score (nSPS) is 15.2. The number of unbranched alkanes of at least 4 members (excludes halogenated alkanes) is 1. The average molecular weight is 384 g/mol. The number of furan rings is 1. The summed E-state index contributed by atoms with van der Waals surface area (Å²) in [6.45, 7) is 8.81. The van der Waals surface area contributed by atoms with Crippen molar-refractivity contribution >= 4 is 11.7 Å². The lowest BCUT2D eigenvalue weighted by molar-refractivity contribution is 0.0888. The maximum Gasteiger partial charge on any atom is 0.287 e. The first-order valence-electron chi connectivity index (χ1n) is 9.82. The van der Waals surface area contributed by atoms with E-state index in [0.717, 1.165) is 18.4 Å². The Bertz CT molecular complexity index is 883. The minimum Gasteiger partial charge on any atom is -0.477 e. The van der Waals surface area contributed by atoms with Crippen LogP contribution in [0.2, 0.25) is 0 Å². The molecular formula is C22H28N2O4. The van der Waals surface area contributed by atoms with E-state index in [2.05, 4.69) is 17.2 Å². The van der Waals surface area contributed by atoms with Crippen LogP contribution in [0.3, 0.4) is 0 Å². The zero-order chi connectivity index (χ0) is 20.3. The van der Waals surface area contributed by atoms with Gasteiger partial charge in [0.15, 0.2) is 11.5 Å². The van der Waals surface area contributed by atoms with Crippen molar-refractivity contribution in [1.29, 1.82) is 0 Å². The van der Waals surface area contributed by atoms with Gasteiger partial charge >= 0.3 is 0 Å². The van der Waals surface area contributed by atoms with Crippen molar-refractivity contribution in [1.82, 2.24) is 10.3 Å². The fourth-order valence-corrected chi connectivity index (χ4v) is 3.56. The molecule has 150 valence electrons. The van der Waals surface area contributed by atoms with Crippen LogP contribution >= 0.6 is 0 Å². The summed E-state index contributed by atoms with van der Waals surface area (Å²) in [6.07, 6.45) is 4.78. The highest BCUT2D eigenvalue weighted by Crippen LogP contribution is 2.38. The molecule has 1 aliphatic carbocycles. The van der Waals surface area contributed by atoms with Crippen LogP contribution in [0.1, 0.15) is 77.8 Å². The Labute approximate surface area is 165 Å². The molecule has 3 rings (SSSR count). The molecule has 1 amide bonds. The third kappa shape index (κ3) is 4.26. The molecule has 0 aromatic carbocycles. The van der Waals surface area contributed by atoms with Crippen molar-refractivity contribution in [2.24, 2.45) is 5.41 Å². The van der Waals surface area contributed by atoms with Gasteiger partial charge in [-0.3, -0.25) is 9.59 Å². The van der Waals surface area contributed by atoms with Crippen molar-refractivity contribution in [2.75, 3.05) is 6.61 Å². The van der Waals surface area contributed by atoms with Crippen LogP contribution in [0, 0.1) is 12.3 Å². The first-order chi connectivity index (χ1) is 13.3. The van der Waals surface area contributed by atoms with E-state index in [0.29, 0.717) is 42.2 Å². The summed E-state index contributed by atoms with van der Waals surface area (Å²) in [5.74, 6) is 1.08. The van der Waals surface area contributed by atoms with E-state index in [9.17, 15) is 9.59 Å². The summed E-state index contributed by atoms with van der Waals surface area (Å²) in [6, 6.07) is 3.69. The quantitative estimate of drug-likeness (QED) is 0.722. The summed E-state index contributed by atoms with van der Waals surface area (Å²) >= 11 is 0. The Kier molecular flexibility index (Phi) is 5.87. The van der Waals surface area contributed by atoms with Crippen molar-refractivity contribution in [3.8, 4) is 5.88 Å². The van der Waals surface area contributed by atoms with Crippen LogP contribution < -0.4 is 10.1 Å². The second kappa shape index (κ2) is 8.17. The number of carbonyl (C=O) groups excluding carboxylic acids is 2. The van der Waals surface area contributed by atoms with Gasteiger partial charge in [0, 0.05) is 36.7 Å². The van der Waals surface area contributed by atoms with Gasteiger partial charge < -0.3 is 14.5 Å². The summed E-state index contributed by atoms with van der Waals surface area (Å²) in [5.41, 5.74) is 1.86. The number of nitrogens with zero attached hydrogens (tertiary/aromatic N) is 1. The lowest BCUT2D eigenvalue weighted by Gasteiger charge is -2.27. The highest BCUT2D eigenvalue weighted by molar-refractivity contribution is 6.03. The molecule has 6 nitrogen and oxygen atoms in total. The number of aromatic nitrogens is 1. The van der Waals surface area contributed by atoms with Gasteiger partial charge in [-0.1, -0.05) is 33.3 Å². The molecule has 0 atom stereocenters. The molecule has 28 heavy (non-hydrogen) atoms. The van der Waals surface area contributed by atoms with Gasteiger partial charge in [0.25, 0.3) is 5.91 Å². The Morgan fingerprint density at radius 2 is 2.14 bits per heavy atom. The first-order valence-corrected chi connectivity index (χ1v) is 9.82. The van der Waals surface area contributed by atoms with Crippen LogP contribution in [-0.4, -0.2) is 23.3 Å². The Balaban J connectivity index is 1.73. The highest BCUT2D eigenvalue weighted by atomic mass is 16.5. The maximum atomic E-state index is 12.7. The molecule has 0 fully saturated rings. The lowest BCUT2D eigenvalue weighted by atomic mass is 9.76. The standard InChI is InChI=1S/C22H28N2O4/c1-5-6-10-27-21-15(8-7-9-23-21)13-24-20(26)19-14(2)18-16(25)11-22(3,4)12-17(18)28-19/h7-9H,5-6,10-13H2,1-4H3,(H,24,26). The predicted molar refractivity (Wildman–Crippen MR) is 106 cm³/mol. The highest BCUT2D eigenvalue weighted by Gasteiger charge is 2.37. The van der Waals surface area contributed by atoms with Crippen LogP contribution in [0.25, 0.3) is 0 Å². The second-order valence-electron chi connectivity index (χ2n) is 8.15. The van der Waals surface area contributed by atoms with Crippen molar-refractivity contribution in [2.45, 2.75) is 59.9 Å². The molecule has 0 saturated heterocycles. The monoisotopic (exact) mass is 384 g/mol. The molecule has 0 spiro atoms. The van der Waals surface area contributed by atoms with E-state index in [4.69, 9.17) is 9.15 Å². The van der Waals surface area contributed by atoms with Gasteiger partial charge in [0.1, 0.15) is 5.76 Å². The van der Waals surface area contributed by atoms with E-state index in [1.807, 2.05) is 26.0 Å². The predicted octanol–water partition coefficient (Wildman–Crippen LogP) is 4.25. The molecule has 0 aliphatic heterocycles. The van der Waals surface area contributed by atoms with Gasteiger partial charge in [-0.25, -0.2) is 4.98 Å². The number of hydrogen-bond acceptors (Lipinski definition) is 5. The molecule has 0 saturated carbocycles. The van der Waals surface area contributed by atoms with E-state index in [1.54, 1.807) is 13.1 Å². The smallest absolute Gasteiger partial charge is 0.287 e. The van der Waals surface area contributed by atoms with Crippen LogP contribution in [0.15, 0.2) is 22.7 Å². The molecule has 2 aromatic heterocycles. The number of rotatable bonds is 7. The summed E-state index contributed by atoms with van der Waals surface area (Å²) in [5, 5.41) is 2.87. The zero-order valence-electron chi connectivity index (χ0n) is 17.1. The molecule has 0 bridgehead atoms.